The SMILES string of the molecule is Cc1csc(CNC(=O)C2CCCN2S(=O)(=O)c2ccc(C(=O)O)o2)n1. The molecule has 140 valence electrons. The number of sulfonamides is 1. The van der Waals surface area contributed by atoms with Gasteiger partial charge in [-0.3, -0.25) is 4.79 Å². The van der Waals surface area contributed by atoms with Crippen LogP contribution in [0.5, 0.6) is 0 Å². The Kier molecular flexibility index (Phi) is 5.12. The first kappa shape index (κ1) is 18.5. The molecule has 1 aliphatic heterocycles. The third kappa shape index (κ3) is 3.64. The second-order valence-electron chi connectivity index (χ2n) is 5.80. The molecule has 3 rings (SSSR count). The Bertz CT molecular complexity index is 933. The Morgan fingerprint density at radius 3 is 2.85 bits per heavy atom. The van der Waals surface area contributed by atoms with Crippen molar-refractivity contribution in [1.29, 1.82) is 0 Å². The topological polar surface area (TPSA) is 130 Å². The minimum Gasteiger partial charge on any atom is -0.475 e. The van der Waals surface area contributed by atoms with Gasteiger partial charge in [-0.05, 0) is 31.9 Å². The molecule has 2 N–H and O–H groups in total. The number of thiazole rings is 1. The van der Waals surface area contributed by atoms with Crippen molar-refractivity contribution >= 4 is 33.2 Å². The lowest BCUT2D eigenvalue weighted by Gasteiger charge is -2.21. The maximum Gasteiger partial charge on any atom is 0.371 e. The van der Waals surface area contributed by atoms with E-state index < -0.39 is 38.8 Å². The highest BCUT2D eigenvalue weighted by atomic mass is 32.2. The third-order valence-electron chi connectivity index (χ3n) is 3.94. The van der Waals surface area contributed by atoms with Gasteiger partial charge in [-0.2, -0.15) is 4.31 Å². The van der Waals surface area contributed by atoms with Gasteiger partial charge in [0.25, 0.3) is 10.0 Å². The van der Waals surface area contributed by atoms with Gasteiger partial charge >= 0.3 is 5.97 Å². The lowest BCUT2D eigenvalue weighted by Crippen LogP contribution is -2.45. The van der Waals surface area contributed by atoms with Gasteiger partial charge in [0.15, 0.2) is 0 Å². The van der Waals surface area contributed by atoms with Crippen LogP contribution in [0, 0.1) is 6.92 Å². The van der Waals surface area contributed by atoms with E-state index in [0.29, 0.717) is 12.8 Å². The molecule has 1 atom stereocenters. The minimum atomic E-state index is -4.09. The number of carbonyl (C=O) groups excluding carboxylic acids is 1. The fourth-order valence-corrected chi connectivity index (χ4v) is 5.03. The molecule has 1 fully saturated rings. The van der Waals surface area contributed by atoms with E-state index in [1.807, 2.05) is 12.3 Å². The third-order valence-corrected chi connectivity index (χ3v) is 6.69. The number of furan rings is 1. The van der Waals surface area contributed by atoms with Gasteiger partial charge in [-0.15, -0.1) is 11.3 Å². The summed E-state index contributed by atoms with van der Waals surface area (Å²) in [7, 11) is -4.09. The summed E-state index contributed by atoms with van der Waals surface area (Å²) < 4.78 is 31.4. The number of hydrogen-bond acceptors (Lipinski definition) is 7. The molecule has 2 aromatic rings. The Morgan fingerprint density at radius 2 is 2.23 bits per heavy atom. The van der Waals surface area contributed by atoms with Crippen LogP contribution >= 0.6 is 11.3 Å². The number of aromatic nitrogens is 1. The zero-order valence-corrected chi connectivity index (χ0v) is 15.5. The van der Waals surface area contributed by atoms with Crippen LogP contribution in [0.1, 0.15) is 34.1 Å². The predicted octanol–water partition coefficient (Wildman–Crippen LogP) is 1.21. The molecule has 11 heteroatoms. The fraction of sp³-hybridized carbons (Fsp3) is 0.400. The molecule has 3 heterocycles. The Labute approximate surface area is 153 Å². The summed E-state index contributed by atoms with van der Waals surface area (Å²) in [5.41, 5.74) is 0.858. The van der Waals surface area contributed by atoms with Crippen LogP contribution in [0.25, 0.3) is 0 Å². The summed E-state index contributed by atoms with van der Waals surface area (Å²) in [6, 6.07) is 1.30. The maximum absolute atomic E-state index is 12.7. The van der Waals surface area contributed by atoms with E-state index >= 15 is 0 Å². The maximum atomic E-state index is 12.7. The van der Waals surface area contributed by atoms with Gasteiger partial charge in [0.05, 0.1) is 6.54 Å². The van der Waals surface area contributed by atoms with Crippen LogP contribution < -0.4 is 5.32 Å². The quantitative estimate of drug-likeness (QED) is 0.747. The molecular weight excluding hydrogens is 382 g/mol. The van der Waals surface area contributed by atoms with Crippen LogP contribution in [0.3, 0.4) is 0 Å². The van der Waals surface area contributed by atoms with E-state index in [4.69, 9.17) is 9.52 Å². The minimum absolute atomic E-state index is 0.167. The van der Waals surface area contributed by atoms with Gasteiger partial charge in [0.2, 0.25) is 16.8 Å². The van der Waals surface area contributed by atoms with Crippen LogP contribution in [0.4, 0.5) is 0 Å². The molecule has 1 unspecified atom stereocenters. The predicted molar refractivity (Wildman–Crippen MR) is 91.3 cm³/mol. The Hall–Kier alpha value is -2.24. The average Bonchev–Trinajstić information content (AvgIpc) is 3.32. The van der Waals surface area contributed by atoms with Crippen LogP contribution in [0.15, 0.2) is 27.0 Å². The van der Waals surface area contributed by atoms with Gasteiger partial charge in [-0.25, -0.2) is 18.2 Å². The van der Waals surface area contributed by atoms with Crippen molar-refractivity contribution in [1.82, 2.24) is 14.6 Å². The highest BCUT2D eigenvalue weighted by molar-refractivity contribution is 7.89. The van der Waals surface area contributed by atoms with E-state index in [0.717, 1.165) is 27.1 Å². The summed E-state index contributed by atoms with van der Waals surface area (Å²) in [5.74, 6) is -2.24. The van der Waals surface area contributed by atoms with Crippen molar-refractivity contribution in [3.05, 3.63) is 34.0 Å². The van der Waals surface area contributed by atoms with Crippen LogP contribution in [0.2, 0.25) is 0 Å². The average molecular weight is 399 g/mol. The van der Waals surface area contributed by atoms with Gasteiger partial charge in [0, 0.05) is 17.6 Å². The monoisotopic (exact) mass is 399 g/mol. The van der Waals surface area contributed by atoms with E-state index in [1.54, 1.807) is 0 Å². The highest BCUT2D eigenvalue weighted by Crippen LogP contribution is 2.27. The molecule has 0 saturated carbocycles. The van der Waals surface area contributed by atoms with Crippen LogP contribution in [-0.4, -0.2) is 47.3 Å². The van der Waals surface area contributed by atoms with E-state index in [1.165, 1.54) is 11.3 Å². The Balaban J connectivity index is 1.73. The number of rotatable bonds is 6. The number of hydrogen-bond donors (Lipinski definition) is 2. The molecule has 0 aliphatic carbocycles. The normalized spacial score (nSPS) is 18.1. The second-order valence-corrected chi connectivity index (χ2v) is 8.56. The molecule has 1 saturated heterocycles. The lowest BCUT2D eigenvalue weighted by molar-refractivity contribution is -0.124. The van der Waals surface area contributed by atoms with E-state index in [9.17, 15) is 18.0 Å². The molecule has 1 amide bonds. The number of aryl methyl sites for hydroxylation is 1. The lowest BCUT2D eigenvalue weighted by atomic mass is 10.2. The first-order chi connectivity index (χ1) is 12.3. The van der Waals surface area contributed by atoms with Crippen molar-refractivity contribution in [2.75, 3.05) is 6.54 Å². The van der Waals surface area contributed by atoms with Crippen molar-refractivity contribution < 1.29 is 27.5 Å². The number of amides is 1. The van der Waals surface area contributed by atoms with Crippen molar-refractivity contribution in [2.45, 2.75) is 37.4 Å². The zero-order chi connectivity index (χ0) is 18.9. The molecule has 9 nitrogen and oxygen atoms in total. The van der Waals surface area contributed by atoms with Gasteiger partial charge in [0.1, 0.15) is 11.0 Å². The summed E-state index contributed by atoms with van der Waals surface area (Å²) in [5, 5.41) is 13.7. The molecule has 26 heavy (non-hydrogen) atoms. The molecular formula is C15H17N3O6S2. The first-order valence-electron chi connectivity index (χ1n) is 7.82. The number of carboxylic acid groups (broad SMARTS) is 1. The number of nitrogens with one attached hydrogen (secondary N) is 1. The summed E-state index contributed by atoms with van der Waals surface area (Å²) in [4.78, 5) is 27.6. The largest absolute Gasteiger partial charge is 0.475 e. The second kappa shape index (κ2) is 7.17. The molecule has 0 bridgehead atoms. The zero-order valence-electron chi connectivity index (χ0n) is 13.8. The van der Waals surface area contributed by atoms with Crippen molar-refractivity contribution in [2.24, 2.45) is 0 Å². The summed E-state index contributed by atoms with van der Waals surface area (Å²) >= 11 is 1.41. The van der Waals surface area contributed by atoms with Gasteiger partial charge < -0.3 is 14.8 Å². The number of nitrogens with zero attached hydrogens (tertiary/aromatic N) is 2. The standard InChI is InChI=1S/C15H17N3O6S2/c1-9-8-25-12(17-9)7-16-14(19)10-3-2-6-18(10)26(22,23)13-5-4-11(24-13)15(20)21/h4-5,8,10H,2-3,6-7H2,1H3,(H,16,19)(H,20,21). The molecule has 1 aliphatic rings. The van der Waals surface area contributed by atoms with E-state index in [-0.39, 0.29) is 13.1 Å². The smallest absolute Gasteiger partial charge is 0.371 e. The fourth-order valence-electron chi connectivity index (χ4n) is 2.74. The highest BCUT2D eigenvalue weighted by Gasteiger charge is 2.41. The number of aromatic carboxylic acids is 1. The van der Waals surface area contributed by atoms with Crippen molar-refractivity contribution in [3.63, 3.8) is 0 Å². The van der Waals surface area contributed by atoms with Gasteiger partial charge in [-0.1, -0.05) is 0 Å². The molecule has 0 radical (unpaired) electrons. The Morgan fingerprint density at radius 1 is 1.46 bits per heavy atom. The summed E-state index contributed by atoms with van der Waals surface area (Å²) in [6.07, 6.45) is 0.911. The van der Waals surface area contributed by atoms with E-state index in [2.05, 4.69) is 10.3 Å². The number of carbonyl (C=O) groups is 2. The first-order valence-corrected chi connectivity index (χ1v) is 10.1. The molecule has 0 spiro atoms. The van der Waals surface area contributed by atoms with Crippen molar-refractivity contribution in [3.8, 4) is 0 Å². The van der Waals surface area contributed by atoms with Crippen LogP contribution in [-0.2, 0) is 21.4 Å². The number of carboxylic acids is 1. The molecule has 0 aromatic carbocycles. The molecule has 2 aromatic heterocycles. The summed E-state index contributed by atoms with van der Waals surface area (Å²) in [6.45, 7) is 2.24.